The van der Waals surface area contributed by atoms with Crippen LogP contribution in [0.15, 0.2) is 24.3 Å². The second-order valence-electron chi connectivity index (χ2n) is 4.90. The van der Waals surface area contributed by atoms with Gasteiger partial charge in [0.25, 0.3) is 0 Å². The predicted octanol–water partition coefficient (Wildman–Crippen LogP) is 2.18. The normalized spacial score (nSPS) is 22.8. The topological polar surface area (TPSA) is 53.6 Å². The average Bonchev–Trinajstić information content (AvgIpc) is 2.73. The first-order valence-corrected chi connectivity index (χ1v) is 7.10. The summed E-state index contributed by atoms with van der Waals surface area (Å²) in [6, 6.07) is 6.88. The highest BCUT2D eigenvalue weighted by Crippen LogP contribution is 2.20. The van der Waals surface area contributed by atoms with Crippen LogP contribution < -0.4 is 10.6 Å². The van der Waals surface area contributed by atoms with Gasteiger partial charge < -0.3 is 20.3 Å². The molecule has 1 fully saturated rings. The van der Waals surface area contributed by atoms with Gasteiger partial charge in [-0.15, -0.1) is 0 Å². The van der Waals surface area contributed by atoms with Crippen molar-refractivity contribution in [3.05, 3.63) is 29.3 Å². The SMILES string of the molecule is CCO[C@H]1CN(C)C[C@@H]1NC(=O)Nc1ccccc1Cl. The van der Waals surface area contributed by atoms with Crippen LogP contribution in [0.5, 0.6) is 0 Å². The number of carbonyl (C=O) groups is 1. The molecule has 5 nitrogen and oxygen atoms in total. The molecule has 0 unspecified atom stereocenters. The fraction of sp³-hybridized carbons (Fsp3) is 0.500. The number of carbonyl (C=O) groups excluding carboxylic acids is 1. The van der Waals surface area contributed by atoms with Crippen LogP contribution in [0.2, 0.25) is 5.02 Å². The molecule has 110 valence electrons. The summed E-state index contributed by atoms with van der Waals surface area (Å²) in [7, 11) is 2.01. The van der Waals surface area contributed by atoms with Crippen LogP contribution in [0, 0.1) is 0 Å². The van der Waals surface area contributed by atoms with Crippen molar-refractivity contribution in [3.63, 3.8) is 0 Å². The van der Waals surface area contributed by atoms with E-state index in [1.165, 1.54) is 0 Å². The maximum atomic E-state index is 12.0. The highest BCUT2D eigenvalue weighted by molar-refractivity contribution is 6.33. The van der Waals surface area contributed by atoms with Gasteiger partial charge in [0, 0.05) is 19.7 Å². The Bertz CT molecular complexity index is 469. The maximum absolute atomic E-state index is 12.0. The van der Waals surface area contributed by atoms with Crippen LogP contribution in [-0.2, 0) is 4.74 Å². The Morgan fingerprint density at radius 2 is 2.20 bits per heavy atom. The van der Waals surface area contributed by atoms with Crippen molar-refractivity contribution in [2.24, 2.45) is 0 Å². The van der Waals surface area contributed by atoms with Gasteiger partial charge in [-0.1, -0.05) is 23.7 Å². The number of amides is 2. The van der Waals surface area contributed by atoms with E-state index >= 15 is 0 Å². The molecule has 2 amide bonds. The van der Waals surface area contributed by atoms with Gasteiger partial charge in [0.2, 0.25) is 0 Å². The lowest BCUT2D eigenvalue weighted by Crippen LogP contribution is -2.45. The number of halogens is 1. The van der Waals surface area contributed by atoms with Gasteiger partial charge in [0.15, 0.2) is 0 Å². The summed E-state index contributed by atoms with van der Waals surface area (Å²) in [4.78, 5) is 14.2. The molecule has 0 aliphatic carbocycles. The number of likely N-dealkylation sites (N-methyl/N-ethyl adjacent to an activating group) is 1. The van der Waals surface area contributed by atoms with Gasteiger partial charge in [-0.3, -0.25) is 0 Å². The van der Waals surface area contributed by atoms with Crippen LogP contribution in [0.3, 0.4) is 0 Å². The summed E-state index contributed by atoms with van der Waals surface area (Å²) in [6.07, 6.45) is 0.0296. The number of ether oxygens (including phenoxy) is 1. The molecule has 2 rings (SSSR count). The molecular formula is C14H20ClN3O2. The lowest BCUT2D eigenvalue weighted by Gasteiger charge is -2.20. The van der Waals surface area contributed by atoms with E-state index in [0.29, 0.717) is 17.3 Å². The Hall–Kier alpha value is -1.30. The molecule has 1 aliphatic rings. The van der Waals surface area contributed by atoms with E-state index < -0.39 is 0 Å². The first-order chi connectivity index (χ1) is 9.60. The molecule has 1 aromatic rings. The Balaban J connectivity index is 1.92. The zero-order chi connectivity index (χ0) is 14.5. The standard InChI is InChI=1S/C14H20ClN3O2/c1-3-20-13-9-18(2)8-12(13)17-14(19)16-11-7-5-4-6-10(11)15/h4-7,12-13H,3,8-9H2,1-2H3,(H2,16,17,19)/t12-,13-/m0/s1. The molecule has 1 heterocycles. The van der Waals surface area contributed by atoms with Crippen molar-refractivity contribution in [2.45, 2.75) is 19.1 Å². The number of benzene rings is 1. The van der Waals surface area contributed by atoms with Crippen molar-refractivity contribution in [2.75, 3.05) is 32.1 Å². The molecule has 2 atom stereocenters. The quantitative estimate of drug-likeness (QED) is 0.896. The van der Waals surface area contributed by atoms with E-state index in [-0.39, 0.29) is 18.2 Å². The Morgan fingerprint density at radius 3 is 2.90 bits per heavy atom. The lowest BCUT2D eigenvalue weighted by molar-refractivity contribution is 0.0568. The first-order valence-electron chi connectivity index (χ1n) is 6.72. The van der Waals surface area contributed by atoms with Crippen molar-refractivity contribution < 1.29 is 9.53 Å². The van der Waals surface area contributed by atoms with Crippen molar-refractivity contribution in [3.8, 4) is 0 Å². The van der Waals surface area contributed by atoms with Crippen molar-refractivity contribution >= 4 is 23.3 Å². The molecule has 0 bridgehead atoms. The molecule has 0 saturated carbocycles. The monoisotopic (exact) mass is 297 g/mol. The maximum Gasteiger partial charge on any atom is 0.319 e. The second-order valence-corrected chi connectivity index (χ2v) is 5.31. The van der Waals surface area contributed by atoms with Gasteiger partial charge in [-0.25, -0.2) is 4.79 Å². The summed E-state index contributed by atoms with van der Waals surface area (Å²) >= 11 is 6.01. The number of hydrogen-bond acceptors (Lipinski definition) is 3. The first kappa shape index (κ1) is 15.1. The van der Waals surface area contributed by atoms with Crippen LogP contribution in [0.25, 0.3) is 0 Å². The Labute approximate surface area is 124 Å². The van der Waals surface area contributed by atoms with E-state index in [4.69, 9.17) is 16.3 Å². The predicted molar refractivity (Wildman–Crippen MR) is 80.3 cm³/mol. The van der Waals surface area contributed by atoms with E-state index in [0.717, 1.165) is 13.1 Å². The minimum atomic E-state index is -0.261. The highest BCUT2D eigenvalue weighted by Gasteiger charge is 2.32. The van der Waals surface area contributed by atoms with E-state index in [1.807, 2.05) is 26.1 Å². The molecule has 1 aliphatic heterocycles. The van der Waals surface area contributed by atoms with Crippen LogP contribution in [-0.4, -0.2) is 49.8 Å². The van der Waals surface area contributed by atoms with E-state index in [2.05, 4.69) is 15.5 Å². The Morgan fingerprint density at radius 1 is 1.45 bits per heavy atom. The molecule has 0 spiro atoms. The molecule has 1 saturated heterocycles. The summed E-state index contributed by atoms with van der Waals surface area (Å²) in [5, 5.41) is 6.22. The number of likely N-dealkylation sites (tertiary alicyclic amines) is 1. The van der Waals surface area contributed by atoms with E-state index in [9.17, 15) is 4.79 Å². The number of nitrogens with one attached hydrogen (secondary N) is 2. The summed E-state index contributed by atoms with van der Waals surface area (Å²) in [5.41, 5.74) is 0.603. The largest absolute Gasteiger partial charge is 0.375 e. The zero-order valence-corrected chi connectivity index (χ0v) is 12.5. The van der Waals surface area contributed by atoms with Crippen LogP contribution >= 0.6 is 11.6 Å². The third-order valence-electron chi connectivity index (χ3n) is 3.27. The number of nitrogens with zero attached hydrogens (tertiary/aromatic N) is 1. The summed E-state index contributed by atoms with van der Waals surface area (Å²) in [6.45, 7) is 4.20. The summed E-state index contributed by atoms with van der Waals surface area (Å²) < 4.78 is 5.65. The highest BCUT2D eigenvalue weighted by atomic mass is 35.5. The molecule has 6 heteroatoms. The summed E-state index contributed by atoms with van der Waals surface area (Å²) in [5.74, 6) is 0. The fourth-order valence-electron chi connectivity index (χ4n) is 2.37. The number of para-hydroxylation sites is 1. The Kier molecular flexibility index (Phi) is 5.23. The second kappa shape index (κ2) is 6.92. The molecular weight excluding hydrogens is 278 g/mol. The molecule has 1 aromatic carbocycles. The smallest absolute Gasteiger partial charge is 0.319 e. The van der Waals surface area contributed by atoms with Gasteiger partial charge in [-0.2, -0.15) is 0 Å². The minimum absolute atomic E-state index is 0.0116. The van der Waals surface area contributed by atoms with Gasteiger partial charge in [0.1, 0.15) is 0 Å². The molecule has 20 heavy (non-hydrogen) atoms. The zero-order valence-electron chi connectivity index (χ0n) is 11.7. The van der Waals surface area contributed by atoms with Crippen LogP contribution in [0.1, 0.15) is 6.92 Å². The van der Waals surface area contributed by atoms with Crippen molar-refractivity contribution in [1.29, 1.82) is 0 Å². The number of rotatable bonds is 4. The number of anilines is 1. The number of hydrogen-bond donors (Lipinski definition) is 2. The average molecular weight is 298 g/mol. The van der Waals surface area contributed by atoms with Crippen molar-refractivity contribution in [1.82, 2.24) is 10.2 Å². The fourth-order valence-corrected chi connectivity index (χ4v) is 2.56. The van der Waals surface area contributed by atoms with Gasteiger partial charge in [0.05, 0.1) is 22.9 Å². The third-order valence-corrected chi connectivity index (χ3v) is 3.60. The molecule has 0 radical (unpaired) electrons. The van der Waals surface area contributed by atoms with E-state index in [1.54, 1.807) is 12.1 Å². The molecule has 0 aromatic heterocycles. The third kappa shape index (κ3) is 3.85. The van der Waals surface area contributed by atoms with Gasteiger partial charge in [-0.05, 0) is 26.1 Å². The molecule has 2 N–H and O–H groups in total. The van der Waals surface area contributed by atoms with Gasteiger partial charge >= 0.3 is 6.03 Å². The minimum Gasteiger partial charge on any atom is -0.375 e. The van der Waals surface area contributed by atoms with Crippen LogP contribution in [0.4, 0.5) is 10.5 Å². The lowest BCUT2D eigenvalue weighted by atomic mass is 10.2. The number of urea groups is 1.